The van der Waals surface area contributed by atoms with E-state index >= 15 is 0 Å². The maximum absolute atomic E-state index is 13.9. The van der Waals surface area contributed by atoms with Gasteiger partial charge in [0.15, 0.2) is 0 Å². The molecule has 3 nitrogen and oxygen atoms in total. The van der Waals surface area contributed by atoms with Gasteiger partial charge in [-0.3, -0.25) is 0 Å². The molecule has 5 heteroatoms. The van der Waals surface area contributed by atoms with Gasteiger partial charge in [0, 0.05) is 30.0 Å². The Balaban J connectivity index is 2.48. The molecule has 0 amide bonds. The fourth-order valence-corrected chi connectivity index (χ4v) is 2.12. The fourth-order valence-electron chi connectivity index (χ4n) is 1.94. The summed E-state index contributed by atoms with van der Waals surface area (Å²) in [5, 5.41) is 3.75. The Kier molecular flexibility index (Phi) is 3.99. The van der Waals surface area contributed by atoms with E-state index in [1.165, 1.54) is 6.07 Å². The van der Waals surface area contributed by atoms with Gasteiger partial charge in [-0.15, -0.1) is 0 Å². The van der Waals surface area contributed by atoms with Crippen molar-refractivity contribution in [1.29, 1.82) is 0 Å². The van der Waals surface area contributed by atoms with Crippen LogP contribution in [0.5, 0.6) is 0 Å². The summed E-state index contributed by atoms with van der Waals surface area (Å²) in [5.41, 5.74) is 0.513. The Labute approximate surface area is 111 Å². The van der Waals surface area contributed by atoms with E-state index in [1.54, 1.807) is 18.3 Å². The van der Waals surface area contributed by atoms with Gasteiger partial charge >= 0.3 is 0 Å². The molecule has 1 heterocycles. The van der Waals surface area contributed by atoms with E-state index < -0.39 is 0 Å². The minimum absolute atomic E-state index is 0.284. The standard InChI is InChI=1S/C13H15ClFN3/c1-3-16-12(13-17-6-7-18(13)2)10-8-9(14)4-5-11(10)15/h4-8,12,16H,3H2,1-2H3. The molecule has 0 spiro atoms. The molecule has 0 radical (unpaired) electrons. The molecule has 0 bridgehead atoms. The lowest BCUT2D eigenvalue weighted by Crippen LogP contribution is -2.25. The second-order valence-electron chi connectivity index (χ2n) is 4.05. The highest BCUT2D eigenvalue weighted by atomic mass is 35.5. The first-order valence-electron chi connectivity index (χ1n) is 5.79. The summed E-state index contributed by atoms with van der Waals surface area (Å²) in [6.45, 7) is 2.68. The number of aromatic nitrogens is 2. The van der Waals surface area contributed by atoms with Gasteiger partial charge in [0.25, 0.3) is 0 Å². The van der Waals surface area contributed by atoms with E-state index in [0.717, 1.165) is 5.82 Å². The quantitative estimate of drug-likeness (QED) is 0.923. The third-order valence-electron chi connectivity index (χ3n) is 2.79. The largest absolute Gasteiger partial charge is 0.336 e. The monoisotopic (exact) mass is 267 g/mol. The molecular weight excluding hydrogens is 253 g/mol. The van der Waals surface area contributed by atoms with Gasteiger partial charge in [-0.25, -0.2) is 9.37 Å². The molecule has 2 rings (SSSR count). The smallest absolute Gasteiger partial charge is 0.130 e. The van der Waals surface area contributed by atoms with Gasteiger partial charge < -0.3 is 9.88 Å². The number of nitrogens with one attached hydrogen (secondary N) is 1. The maximum Gasteiger partial charge on any atom is 0.130 e. The van der Waals surface area contributed by atoms with Crippen molar-refractivity contribution in [3.8, 4) is 0 Å². The zero-order valence-corrected chi connectivity index (χ0v) is 11.1. The second kappa shape index (κ2) is 5.50. The molecule has 1 atom stereocenters. The number of benzene rings is 1. The van der Waals surface area contributed by atoms with E-state index in [9.17, 15) is 4.39 Å². The molecule has 0 aliphatic rings. The highest BCUT2D eigenvalue weighted by Crippen LogP contribution is 2.25. The van der Waals surface area contributed by atoms with Crippen molar-refractivity contribution in [2.45, 2.75) is 13.0 Å². The summed E-state index contributed by atoms with van der Waals surface area (Å²) in [5.74, 6) is 0.478. The van der Waals surface area contributed by atoms with Crippen molar-refractivity contribution in [2.24, 2.45) is 7.05 Å². The Morgan fingerprint density at radius 3 is 2.89 bits per heavy atom. The van der Waals surface area contributed by atoms with Gasteiger partial charge in [0.1, 0.15) is 11.6 Å². The van der Waals surface area contributed by atoms with Crippen molar-refractivity contribution >= 4 is 11.6 Å². The average Bonchev–Trinajstić information content (AvgIpc) is 2.76. The third-order valence-corrected chi connectivity index (χ3v) is 3.03. The molecule has 1 aromatic carbocycles. The van der Waals surface area contributed by atoms with Crippen LogP contribution in [0, 0.1) is 5.82 Å². The Bertz CT molecular complexity index is 539. The first-order valence-corrected chi connectivity index (χ1v) is 6.16. The SMILES string of the molecule is CCNC(c1cc(Cl)ccc1F)c1nccn1C. The van der Waals surface area contributed by atoms with Gasteiger partial charge in [-0.1, -0.05) is 18.5 Å². The lowest BCUT2D eigenvalue weighted by Gasteiger charge is -2.19. The van der Waals surface area contributed by atoms with E-state index in [0.29, 0.717) is 17.1 Å². The van der Waals surface area contributed by atoms with E-state index in [-0.39, 0.29) is 11.9 Å². The molecule has 96 valence electrons. The zero-order chi connectivity index (χ0) is 13.1. The molecule has 18 heavy (non-hydrogen) atoms. The van der Waals surface area contributed by atoms with Crippen LogP contribution in [0.4, 0.5) is 4.39 Å². The molecule has 1 aromatic heterocycles. The van der Waals surface area contributed by atoms with E-state index in [1.807, 2.05) is 24.7 Å². The number of hydrogen-bond acceptors (Lipinski definition) is 2. The second-order valence-corrected chi connectivity index (χ2v) is 4.49. The molecule has 0 aliphatic heterocycles. The lowest BCUT2D eigenvalue weighted by atomic mass is 10.1. The lowest BCUT2D eigenvalue weighted by molar-refractivity contribution is 0.532. The minimum Gasteiger partial charge on any atom is -0.336 e. The molecule has 1 N–H and O–H groups in total. The predicted octanol–water partition coefficient (Wildman–Crippen LogP) is 2.91. The molecule has 1 unspecified atom stereocenters. The number of hydrogen-bond donors (Lipinski definition) is 1. The number of nitrogens with zero attached hydrogens (tertiary/aromatic N) is 2. The third kappa shape index (κ3) is 2.54. The number of imidazole rings is 1. The number of rotatable bonds is 4. The Morgan fingerprint density at radius 1 is 1.50 bits per heavy atom. The summed E-state index contributed by atoms with van der Waals surface area (Å²) in [7, 11) is 1.88. The van der Waals surface area contributed by atoms with Crippen molar-refractivity contribution in [2.75, 3.05) is 6.54 Å². The molecular formula is C13H15ClFN3. The fraction of sp³-hybridized carbons (Fsp3) is 0.308. The summed E-state index contributed by atoms with van der Waals surface area (Å²) in [4.78, 5) is 4.27. The molecule has 0 saturated heterocycles. The van der Waals surface area contributed by atoms with E-state index in [4.69, 9.17) is 11.6 Å². The number of halogens is 2. The van der Waals surface area contributed by atoms with Gasteiger partial charge in [-0.05, 0) is 24.7 Å². The van der Waals surface area contributed by atoms with Crippen LogP contribution in [0.25, 0.3) is 0 Å². The summed E-state index contributed by atoms with van der Waals surface area (Å²) < 4.78 is 15.8. The summed E-state index contributed by atoms with van der Waals surface area (Å²) >= 11 is 5.94. The highest BCUT2D eigenvalue weighted by molar-refractivity contribution is 6.30. The molecule has 2 aromatic rings. The van der Waals surface area contributed by atoms with E-state index in [2.05, 4.69) is 10.3 Å². The summed E-state index contributed by atoms with van der Waals surface area (Å²) in [6, 6.07) is 4.26. The van der Waals surface area contributed by atoms with Gasteiger partial charge in [-0.2, -0.15) is 0 Å². The van der Waals surface area contributed by atoms with Crippen LogP contribution in [0.2, 0.25) is 5.02 Å². The Hall–Kier alpha value is -1.39. The molecule has 0 aliphatic carbocycles. The van der Waals surface area contributed by atoms with Crippen molar-refractivity contribution in [3.63, 3.8) is 0 Å². The van der Waals surface area contributed by atoms with Crippen molar-refractivity contribution < 1.29 is 4.39 Å². The highest BCUT2D eigenvalue weighted by Gasteiger charge is 2.20. The van der Waals surface area contributed by atoms with Crippen LogP contribution >= 0.6 is 11.6 Å². The topological polar surface area (TPSA) is 29.9 Å². The van der Waals surface area contributed by atoms with Crippen molar-refractivity contribution in [1.82, 2.24) is 14.9 Å². The van der Waals surface area contributed by atoms with Gasteiger partial charge in [0.2, 0.25) is 0 Å². The first-order chi connectivity index (χ1) is 8.63. The van der Waals surface area contributed by atoms with Crippen LogP contribution in [-0.2, 0) is 7.05 Å². The predicted molar refractivity (Wildman–Crippen MR) is 70.1 cm³/mol. The van der Waals surface area contributed by atoms with Crippen LogP contribution in [0.3, 0.4) is 0 Å². The van der Waals surface area contributed by atoms with Gasteiger partial charge in [0.05, 0.1) is 6.04 Å². The van der Waals surface area contributed by atoms with Crippen LogP contribution in [0.15, 0.2) is 30.6 Å². The minimum atomic E-state index is -0.298. The Morgan fingerprint density at radius 2 is 2.28 bits per heavy atom. The first kappa shape index (κ1) is 13.1. The van der Waals surface area contributed by atoms with Crippen molar-refractivity contribution in [3.05, 3.63) is 52.8 Å². The maximum atomic E-state index is 13.9. The molecule has 0 saturated carbocycles. The van der Waals surface area contributed by atoms with Crippen LogP contribution < -0.4 is 5.32 Å². The number of aryl methyl sites for hydroxylation is 1. The van der Waals surface area contributed by atoms with Crippen LogP contribution in [-0.4, -0.2) is 16.1 Å². The van der Waals surface area contributed by atoms with Crippen LogP contribution in [0.1, 0.15) is 24.4 Å². The average molecular weight is 268 g/mol. The summed E-state index contributed by atoms with van der Waals surface area (Å²) in [6.07, 6.45) is 3.53. The normalized spacial score (nSPS) is 12.7. The molecule has 0 fully saturated rings. The zero-order valence-electron chi connectivity index (χ0n) is 10.3.